The van der Waals surface area contributed by atoms with Crippen LogP contribution in [0.2, 0.25) is 0 Å². The van der Waals surface area contributed by atoms with Crippen molar-refractivity contribution in [2.45, 2.75) is 0 Å². The number of ether oxygens (including phenoxy) is 3. The van der Waals surface area contributed by atoms with Crippen molar-refractivity contribution in [1.82, 2.24) is 0 Å². The maximum Gasteiger partial charge on any atom is 0.343 e. The quantitative estimate of drug-likeness (QED) is 0.504. The van der Waals surface area contributed by atoms with Gasteiger partial charge in [-0.05, 0) is 42.5 Å². The molecule has 4 heteroatoms. The number of para-hydroxylation sites is 2. The third-order valence-electron chi connectivity index (χ3n) is 3.32. The minimum absolute atomic E-state index is 0.385. The van der Waals surface area contributed by atoms with Crippen LogP contribution in [0.5, 0.6) is 23.0 Å². The Kier molecular flexibility index (Phi) is 4.77. The minimum atomic E-state index is -0.453. The van der Waals surface area contributed by atoms with E-state index in [1.54, 1.807) is 42.5 Å². The summed E-state index contributed by atoms with van der Waals surface area (Å²) in [4.78, 5) is 12.2. The number of esters is 1. The first-order chi connectivity index (χ1) is 11.8. The molecule has 0 N–H and O–H groups in total. The van der Waals surface area contributed by atoms with E-state index in [0.29, 0.717) is 28.6 Å². The standard InChI is InChI=1S/C20H16O4/c1-22-19-14-15(20(21)24-17-10-6-3-7-11-17)12-13-18(19)23-16-8-4-2-5-9-16/h2-14H,1H3. The van der Waals surface area contributed by atoms with Gasteiger partial charge >= 0.3 is 5.97 Å². The molecule has 0 amide bonds. The summed E-state index contributed by atoms with van der Waals surface area (Å²) in [5.74, 6) is 1.72. The molecule has 0 atom stereocenters. The first kappa shape index (κ1) is 15.6. The van der Waals surface area contributed by atoms with Crippen LogP contribution in [0.25, 0.3) is 0 Å². The molecule has 0 heterocycles. The van der Waals surface area contributed by atoms with E-state index in [2.05, 4.69) is 0 Å². The summed E-state index contributed by atoms with van der Waals surface area (Å²) in [6.45, 7) is 0. The van der Waals surface area contributed by atoms with Gasteiger partial charge in [0.15, 0.2) is 11.5 Å². The zero-order valence-electron chi connectivity index (χ0n) is 13.1. The SMILES string of the molecule is COc1cc(C(=O)Oc2ccccc2)ccc1Oc1ccccc1. The van der Waals surface area contributed by atoms with Crippen molar-refractivity contribution in [1.29, 1.82) is 0 Å². The molecular weight excluding hydrogens is 304 g/mol. The van der Waals surface area contributed by atoms with Gasteiger partial charge in [0.25, 0.3) is 0 Å². The second kappa shape index (κ2) is 7.33. The minimum Gasteiger partial charge on any atom is -0.493 e. The molecule has 3 rings (SSSR count). The predicted molar refractivity (Wildman–Crippen MR) is 90.9 cm³/mol. The van der Waals surface area contributed by atoms with Gasteiger partial charge in [-0.15, -0.1) is 0 Å². The van der Waals surface area contributed by atoms with Crippen LogP contribution in [-0.4, -0.2) is 13.1 Å². The van der Waals surface area contributed by atoms with E-state index in [0.717, 1.165) is 0 Å². The topological polar surface area (TPSA) is 44.8 Å². The Morgan fingerprint density at radius 1 is 0.750 bits per heavy atom. The van der Waals surface area contributed by atoms with E-state index in [9.17, 15) is 4.79 Å². The lowest BCUT2D eigenvalue weighted by molar-refractivity contribution is 0.0734. The Bertz CT molecular complexity index is 814. The van der Waals surface area contributed by atoms with Crippen molar-refractivity contribution in [3.63, 3.8) is 0 Å². The second-order valence-electron chi connectivity index (χ2n) is 4.98. The lowest BCUT2D eigenvalue weighted by atomic mass is 10.2. The van der Waals surface area contributed by atoms with Crippen molar-refractivity contribution in [3.8, 4) is 23.0 Å². The van der Waals surface area contributed by atoms with Crippen LogP contribution < -0.4 is 14.2 Å². The summed E-state index contributed by atoms with van der Waals surface area (Å²) in [5, 5.41) is 0. The van der Waals surface area contributed by atoms with Gasteiger partial charge in [-0.3, -0.25) is 0 Å². The zero-order valence-corrected chi connectivity index (χ0v) is 13.1. The van der Waals surface area contributed by atoms with E-state index in [1.807, 2.05) is 36.4 Å². The van der Waals surface area contributed by atoms with Gasteiger partial charge in [-0.1, -0.05) is 36.4 Å². The smallest absolute Gasteiger partial charge is 0.343 e. The van der Waals surface area contributed by atoms with Gasteiger partial charge in [0, 0.05) is 0 Å². The Hall–Kier alpha value is -3.27. The number of rotatable bonds is 5. The van der Waals surface area contributed by atoms with Gasteiger partial charge in [-0.25, -0.2) is 4.79 Å². The highest BCUT2D eigenvalue weighted by Crippen LogP contribution is 2.32. The van der Waals surface area contributed by atoms with E-state index in [4.69, 9.17) is 14.2 Å². The molecular formula is C20H16O4. The Morgan fingerprint density at radius 2 is 1.38 bits per heavy atom. The molecule has 0 aliphatic heterocycles. The van der Waals surface area contributed by atoms with Gasteiger partial charge in [0.1, 0.15) is 11.5 Å². The van der Waals surface area contributed by atoms with E-state index in [1.165, 1.54) is 7.11 Å². The van der Waals surface area contributed by atoms with Crippen LogP contribution in [0.3, 0.4) is 0 Å². The highest BCUT2D eigenvalue weighted by atomic mass is 16.5. The number of carbonyl (C=O) groups is 1. The van der Waals surface area contributed by atoms with Gasteiger partial charge in [0.2, 0.25) is 0 Å². The normalized spacial score (nSPS) is 10.0. The van der Waals surface area contributed by atoms with Crippen LogP contribution in [0, 0.1) is 0 Å². The summed E-state index contributed by atoms with van der Waals surface area (Å²) in [5.41, 5.74) is 0.385. The lowest BCUT2D eigenvalue weighted by Crippen LogP contribution is -2.08. The highest BCUT2D eigenvalue weighted by Gasteiger charge is 2.13. The van der Waals surface area contributed by atoms with Crippen molar-refractivity contribution < 1.29 is 19.0 Å². The first-order valence-electron chi connectivity index (χ1n) is 7.44. The Labute approximate surface area is 140 Å². The number of hydrogen-bond acceptors (Lipinski definition) is 4. The maximum atomic E-state index is 12.2. The summed E-state index contributed by atoms with van der Waals surface area (Å²) >= 11 is 0. The summed E-state index contributed by atoms with van der Waals surface area (Å²) < 4.78 is 16.4. The van der Waals surface area contributed by atoms with E-state index >= 15 is 0 Å². The highest BCUT2D eigenvalue weighted by molar-refractivity contribution is 5.91. The predicted octanol–water partition coefficient (Wildman–Crippen LogP) is 4.71. The number of methoxy groups -OCH3 is 1. The van der Waals surface area contributed by atoms with Crippen LogP contribution in [0.4, 0.5) is 0 Å². The maximum absolute atomic E-state index is 12.2. The second-order valence-corrected chi connectivity index (χ2v) is 4.98. The van der Waals surface area contributed by atoms with Gasteiger partial charge in [0.05, 0.1) is 12.7 Å². The van der Waals surface area contributed by atoms with E-state index < -0.39 is 5.97 Å². The molecule has 0 aliphatic carbocycles. The number of benzene rings is 3. The van der Waals surface area contributed by atoms with Gasteiger partial charge < -0.3 is 14.2 Å². The van der Waals surface area contributed by atoms with Crippen LogP contribution in [-0.2, 0) is 0 Å². The third kappa shape index (κ3) is 3.73. The fraction of sp³-hybridized carbons (Fsp3) is 0.0500. The van der Waals surface area contributed by atoms with Crippen LogP contribution in [0.15, 0.2) is 78.9 Å². The molecule has 0 bridgehead atoms. The first-order valence-corrected chi connectivity index (χ1v) is 7.44. The molecule has 0 radical (unpaired) electrons. The van der Waals surface area contributed by atoms with Crippen molar-refractivity contribution in [2.24, 2.45) is 0 Å². The van der Waals surface area contributed by atoms with E-state index in [-0.39, 0.29) is 0 Å². The van der Waals surface area contributed by atoms with Crippen LogP contribution >= 0.6 is 0 Å². The molecule has 120 valence electrons. The molecule has 0 saturated heterocycles. The summed E-state index contributed by atoms with van der Waals surface area (Å²) in [6.07, 6.45) is 0. The zero-order chi connectivity index (χ0) is 16.8. The fourth-order valence-electron chi connectivity index (χ4n) is 2.15. The largest absolute Gasteiger partial charge is 0.493 e. The molecule has 24 heavy (non-hydrogen) atoms. The van der Waals surface area contributed by atoms with Gasteiger partial charge in [-0.2, -0.15) is 0 Å². The molecule has 0 aromatic heterocycles. The summed E-state index contributed by atoms with van der Waals surface area (Å²) in [6, 6.07) is 23.2. The number of carbonyl (C=O) groups excluding carboxylic acids is 1. The summed E-state index contributed by atoms with van der Waals surface area (Å²) in [7, 11) is 1.53. The molecule has 3 aromatic rings. The Balaban J connectivity index is 1.79. The molecule has 0 fully saturated rings. The average molecular weight is 320 g/mol. The molecule has 0 unspecified atom stereocenters. The number of hydrogen-bond donors (Lipinski definition) is 0. The van der Waals surface area contributed by atoms with Crippen molar-refractivity contribution >= 4 is 5.97 Å². The lowest BCUT2D eigenvalue weighted by Gasteiger charge is -2.11. The van der Waals surface area contributed by atoms with Crippen molar-refractivity contribution in [2.75, 3.05) is 7.11 Å². The fourth-order valence-corrected chi connectivity index (χ4v) is 2.15. The third-order valence-corrected chi connectivity index (χ3v) is 3.32. The molecule has 0 spiro atoms. The molecule has 3 aromatic carbocycles. The monoisotopic (exact) mass is 320 g/mol. The molecule has 0 aliphatic rings. The van der Waals surface area contributed by atoms with Crippen molar-refractivity contribution in [3.05, 3.63) is 84.4 Å². The Morgan fingerprint density at radius 3 is 2.00 bits per heavy atom. The average Bonchev–Trinajstić information content (AvgIpc) is 2.63. The van der Waals surface area contributed by atoms with Crippen LogP contribution in [0.1, 0.15) is 10.4 Å². The molecule has 0 saturated carbocycles. The molecule has 4 nitrogen and oxygen atoms in total.